The molecule has 0 bridgehead atoms. The summed E-state index contributed by atoms with van der Waals surface area (Å²) in [5.74, 6) is 0. The fourth-order valence-corrected chi connectivity index (χ4v) is 3.10. The van der Waals surface area contributed by atoms with Crippen LogP contribution in [0.15, 0.2) is 47.6 Å². The van der Waals surface area contributed by atoms with E-state index < -0.39 is 17.0 Å². The van der Waals surface area contributed by atoms with Crippen molar-refractivity contribution in [2.24, 2.45) is 5.10 Å². The molecule has 0 unspecified atom stereocenters. The molecule has 0 radical (unpaired) electrons. The highest BCUT2D eigenvalue weighted by Crippen LogP contribution is 2.38. The molecule has 0 aromatic heterocycles. The summed E-state index contributed by atoms with van der Waals surface area (Å²) >= 11 is 16.6. The monoisotopic (exact) mass is 417 g/mol. The summed E-state index contributed by atoms with van der Waals surface area (Å²) in [6, 6.07) is 10.2. The zero-order valence-electron chi connectivity index (χ0n) is 13.1. The Balaban J connectivity index is 1.71. The fourth-order valence-electron chi connectivity index (χ4n) is 2.46. The third kappa shape index (κ3) is 4.26. The number of amides is 2. The summed E-state index contributed by atoms with van der Waals surface area (Å²) in [5.41, 5.74) is 1.37. The van der Waals surface area contributed by atoms with E-state index >= 15 is 0 Å². The molecule has 1 heterocycles. The zero-order valence-corrected chi connectivity index (χ0v) is 15.4. The van der Waals surface area contributed by atoms with Crippen LogP contribution in [0.2, 0.25) is 10.0 Å². The van der Waals surface area contributed by atoms with E-state index in [1.54, 1.807) is 12.1 Å². The molecule has 1 aliphatic heterocycles. The minimum atomic E-state index is -3.58. The van der Waals surface area contributed by atoms with Gasteiger partial charge in [-0.3, -0.25) is 0 Å². The Labute approximate surface area is 163 Å². The van der Waals surface area contributed by atoms with Gasteiger partial charge in [0.05, 0.1) is 22.8 Å². The van der Waals surface area contributed by atoms with Crippen LogP contribution in [0.3, 0.4) is 0 Å². The first-order chi connectivity index (χ1) is 12.2. The molecule has 4 nitrogen and oxygen atoms in total. The highest BCUT2D eigenvalue weighted by atomic mass is 35.5. The Bertz CT molecular complexity index is 867. The number of hydrazone groups is 1. The normalized spacial score (nSPS) is 14.3. The molecule has 2 aromatic rings. The first-order valence-corrected chi connectivity index (χ1v) is 8.66. The third-order valence-corrected chi connectivity index (χ3v) is 4.51. The predicted molar refractivity (Wildman–Crippen MR) is 99.5 cm³/mol. The molecule has 0 atom stereocenters. The average Bonchev–Trinajstić information content (AvgIpc) is 3.04. The molecule has 3 rings (SSSR count). The van der Waals surface area contributed by atoms with E-state index in [0.29, 0.717) is 18.0 Å². The number of urea groups is 1. The lowest BCUT2D eigenvalue weighted by atomic mass is 10.1. The number of nitrogens with zero attached hydrogens (tertiary/aromatic N) is 2. The molecule has 0 saturated heterocycles. The van der Waals surface area contributed by atoms with Crippen LogP contribution in [-0.4, -0.2) is 23.3 Å². The summed E-state index contributed by atoms with van der Waals surface area (Å²) < 4.78 is 26.3. The number of halogens is 5. The SMILES string of the molecule is O=C(Nc1ccc(C(F)(F)Cl)c(Cl)c1)N1CCC(c2ccc(Cl)cc2)=N1. The number of anilines is 1. The lowest BCUT2D eigenvalue weighted by molar-refractivity contribution is 0.0953. The van der Waals surface area contributed by atoms with Crippen molar-refractivity contribution in [2.45, 2.75) is 11.8 Å². The summed E-state index contributed by atoms with van der Waals surface area (Å²) in [6.07, 6.45) is 0.590. The van der Waals surface area contributed by atoms with Crippen LogP contribution in [0.4, 0.5) is 19.3 Å². The van der Waals surface area contributed by atoms with E-state index in [0.717, 1.165) is 17.3 Å². The van der Waals surface area contributed by atoms with Gasteiger partial charge in [-0.05, 0) is 47.5 Å². The van der Waals surface area contributed by atoms with Gasteiger partial charge in [-0.25, -0.2) is 9.80 Å². The van der Waals surface area contributed by atoms with Crippen LogP contribution in [0.5, 0.6) is 0 Å². The average molecular weight is 419 g/mol. The van der Waals surface area contributed by atoms with Crippen molar-refractivity contribution in [1.29, 1.82) is 0 Å². The number of benzene rings is 2. The quantitative estimate of drug-likeness (QED) is 0.618. The van der Waals surface area contributed by atoms with Crippen molar-refractivity contribution in [3.63, 3.8) is 0 Å². The Kier molecular flexibility index (Phi) is 5.37. The molecule has 26 heavy (non-hydrogen) atoms. The molecule has 0 saturated carbocycles. The second-order valence-electron chi connectivity index (χ2n) is 5.55. The molecule has 2 amide bonds. The van der Waals surface area contributed by atoms with Crippen molar-refractivity contribution >= 4 is 52.2 Å². The largest absolute Gasteiger partial charge is 0.349 e. The fraction of sp³-hybridized carbons (Fsp3) is 0.176. The molecule has 136 valence electrons. The molecule has 9 heteroatoms. The van der Waals surface area contributed by atoms with E-state index in [9.17, 15) is 13.6 Å². The highest BCUT2D eigenvalue weighted by molar-refractivity contribution is 6.33. The minimum Gasteiger partial charge on any atom is -0.306 e. The lowest BCUT2D eigenvalue weighted by Gasteiger charge is -2.15. The van der Waals surface area contributed by atoms with Gasteiger partial charge in [-0.1, -0.05) is 35.3 Å². The molecular weight excluding hydrogens is 407 g/mol. The Hall–Kier alpha value is -1.89. The van der Waals surface area contributed by atoms with E-state index in [1.165, 1.54) is 17.1 Å². The second kappa shape index (κ2) is 7.39. The van der Waals surface area contributed by atoms with Gasteiger partial charge in [0.2, 0.25) is 0 Å². The van der Waals surface area contributed by atoms with Gasteiger partial charge < -0.3 is 5.32 Å². The maximum Gasteiger partial charge on any atom is 0.349 e. The smallest absolute Gasteiger partial charge is 0.306 e. The van der Waals surface area contributed by atoms with Crippen molar-refractivity contribution in [2.75, 3.05) is 11.9 Å². The van der Waals surface area contributed by atoms with Crippen LogP contribution in [0.1, 0.15) is 17.5 Å². The Morgan fingerprint density at radius 2 is 1.85 bits per heavy atom. The number of carbonyl (C=O) groups excluding carboxylic acids is 1. The van der Waals surface area contributed by atoms with Crippen LogP contribution in [0.25, 0.3) is 0 Å². The van der Waals surface area contributed by atoms with E-state index in [2.05, 4.69) is 10.4 Å². The second-order valence-corrected chi connectivity index (χ2v) is 6.87. The van der Waals surface area contributed by atoms with E-state index in [4.69, 9.17) is 34.8 Å². The first-order valence-electron chi connectivity index (χ1n) is 7.53. The standard InChI is InChI=1S/C17H12Cl3F2N3O/c18-11-3-1-10(2-4-11)15-7-8-25(24-15)16(26)23-12-5-6-13(14(19)9-12)17(20,21)22/h1-6,9H,7-8H2,(H,23,26). The topological polar surface area (TPSA) is 44.7 Å². The molecule has 2 aromatic carbocycles. The number of carbonyl (C=O) groups is 1. The van der Waals surface area contributed by atoms with Crippen LogP contribution in [-0.2, 0) is 5.38 Å². The summed E-state index contributed by atoms with van der Waals surface area (Å²) in [5, 5.41) is 4.92. The Morgan fingerprint density at radius 3 is 2.46 bits per heavy atom. The van der Waals surface area contributed by atoms with Crippen LogP contribution < -0.4 is 5.32 Å². The van der Waals surface area contributed by atoms with Crippen LogP contribution in [0, 0.1) is 0 Å². The van der Waals surface area contributed by atoms with Crippen molar-refractivity contribution in [1.82, 2.24) is 5.01 Å². The van der Waals surface area contributed by atoms with Gasteiger partial charge in [-0.15, -0.1) is 0 Å². The molecule has 1 aliphatic rings. The van der Waals surface area contributed by atoms with E-state index in [1.807, 2.05) is 12.1 Å². The molecule has 1 N–H and O–H groups in total. The van der Waals surface area contributed by atoms with Gasteiger partial charge in [0, 0.05) is 17.1 Å². The molecule has 0 spiro atoms. The molecular formula is C17H12Cl3F2N3O. The van der Waals surface area contributed by atoms with Crippen molar-refractivity contribution in [3.05, 3.63) is 63.6 Å². The van der Waals surface area contributed by atoms with Gasteiger partial charge in [0.25, 0.3) is 0 Å². The lowest BCUT2D eigenvalue weighted by Crippen LogP contribution is -2.28. The number of hydrogen-bond donors (Lipinski definition) is 1. The van der Waals surface area contributed by atoms with Gasteiger partial charge in [0.1, 0.15) is 0 Å². The number of rotatable bonds is 3. The summed E-state index contributed by atoms with van der Waals surface area (Å²) in [7, 11) is 0. The maximum atomic E-state index is 13.1. The van der Waals surface area contributed by atoms with Crippen molar-refractivity contribution < 1.29 is 13.6 Å². The number of hydrogen-bond acceptors (Lipinski definition) is 2. The van der Waals surface area contributed by atoms with Crippen LogP contribution >= 0.6 is 34.8 Å². The Morgan fingerprint density at radius 1 is 1.15 bits per heavy atom. The maximum absolute atomic E-state index is 13.1. The number of alkyl halides is 3. The van der Waals surface area contributed by atoms with Gasteiger partial charge in [-0.2, -0.15) is 13.9 Å². The van der Waals surface area contributed by atoms with Gasteiger partial charge >= 0.3 is 11.4 Å². The third-order valence-electron chi connectivity index (χ3n) is 3.74. The first kappa shape index (κ1) is 18.9. The number of nitrogens with one attached hydrogen (secondary N) is 1. The summed E-state index contributed by atoms with van der Waals surface area (Å²) in [4.78, 5) is 12.3. The van der Waals surface area contributed by atoms with Crippen molar-refractivity contribution in [3.8, 4) is 0 Å². The van der Waals surface area contributed by atoms with E-state index in [-0.39, 0.29) is 10.7 Å². The predicted octanol–water partition coefficient (Wildman–Crippen LogP) is 5.92. The summed E-state index contributed by atoms with van der Waals surface area (Å²) in [6.45, 7) is 0.398. The molecule has 0 fully saturated rings. The molecule has 0 aliphatic carbocycles. The zero-order chi connectivity index (χ0) is 18.9. The minimum absolute atomic E-state index is 0.241. The van der Waals surface area contributed by atoms with Gasteiger partial charge in [0.15, 0.2) is 0 Å². The highest BCUT2D eigenvalue weighted by Gasteiger charge is 2.30.